The molecule has 0 fully saturated rings. The molecule has 0 radical (unpaired) electrons. The lowest BCUT2D eigenvalue weighted by Gasteiger charge is -2.10. The Morgan fingerprint density at radius 2 is 1.92 bits per heavy atom. The van der Waals surface area contributed by atoms with Crippen LogP contribution in [0, 0.1) is 20.8 Å². The highest BCUT2D eigenvalue weighted by molar-refractivity contribution is 9.10. The number of aromatic nitrogens is 2. The lowest BCUT2D eigenvalue weighted by molar-refractivity contribution is -0.123. The SMILES string of the molecule is Cc1cc(Br)ccc1NC(=O)CNC(=O)Cc1c(C)nn(C)c1C. The number of rotatable bonds is 5. The van der Waals surface area contributed by atoms with Gasteiger partial charge in [-0.2, -0.15) is 5.10 Å². The van der Waals surface area contributed by atoms with E-state index >= 15 is 0 Å². The fourth-order valence-corrected chi connectivity index (χ4v) is 2.91. The molecule has 0 aliphatic carbocycles. The summed E-state index contributed by atoms with van der Waals surface area (Å²) in [7, 11) is 1.84. The van der Waals surface area contributed by atoms with Crippen molar-refractivity contribution in [1.29, 1.82) is 0 Å². The molecule has 0 saturated carbocycles. The highest BCUT2D eigenvalue weighted by Gasteiger charge is 2.14. The molecule has 7 heteroatoms. The fourth-order valence-electron chi connectivity index (χ4n) is 2.44. The van der Waals surface area contributed by atoms with E-state index in [4.69, 9.17) is 0 Å². The van der Waals surface area contributed by atoms with E-state index in [1.54, 1.807) is 4.68 Å². The van der Waals surface area contributed by atoms with Gasteiger partial charge in [0.15, 0.2) is 0 Å². The average molecular weight is 393 g/mol. The number of anilines is 1. The van der Waals surface area contributed by atoms with Gasteiger partial charge >= 0.3 is 0 Å². The van der Waals surface area contributed by atoms with Crippen molar-refractivity contribution in [3.63, 3.8) is 0 Å². The van der Waals surface area contributed by atoms with Crippen LogP contribution >= 0.6 is 15.9 Å². The third kappa shape index (κ3) is 4.44. The molecule has 2 N–H and O–H groups in total. The molecule has 2 aromatic rings. The Kier molecular flexibility index (Phi) is 5.77. The smallest absolute Gasteiger partial charge is 0.243 e. The Labute approximate surface area is 149 Å². The highest BCUT2D eigenvalue weighted by atomic mass is 79.9. The molecule has 0 spiro atoms. The number of hydrogen-bond acceptors (Lipinski definition) is 3. The number of halogens is 1. The van der Waals surface area contributed by atoms with Gasteiger partial charge in [-0.25, -0.2) is 0 Å². The number of nitrogens with one attached hydrogen (secondary N) is 2. The number of aryl methyl sites for hydroxylation is 3. The summed E-state index contributed by atoms with van der Waals surface area (Å²) < 4.78 is 2.70. The van der Waals surface area contributed by atoms with Crippen molar-refractivity contribution >= 4 is 33.4 Å². The monoisotopic (exact) mass is 392 g/mol. The maximum Gasteiger partial charge on any atom is 0.243 e. The van der Waals surface area contributed by atoms with Crippen molar-refractivity contribution in [2.75, 3.05) is 11.9 Å². The summed E-state index contributed by atoms with van der Waals surface area (Å²) in [5, 5.41) is 9.73. The van der Waals surface area contributed by atoms with Crippen LogP contribution < -0.4 is 10.6 Å². The van der Waals surface area contributed by atoms with E-state index < -0.39 is 0 Å². The maximum atomic E-state index is 12.1. The Balaban J connectivity index is 1.88. The summed E-state index contributed by atoms with van der Waals surface area (Å²) >= 11 is 3.38. The molecule has 0 unspecified atom stereocenters. The zero-order valence-electron chi connectivity index (χ0n) is 14.2. The maximum absolute atomic E-state index is 12.1. The van der Waals surface area contributed by atoms with Gasteiger partial charge in [0.1, 0.15) is 0 Å². The fraction of sp³-hybridized carbons (Fsp3) is 0.353. The minimum absolute atomic E-state index is 0.0628. The van der Waals surface area contributed by atoms with Crippen LogP contribution in [-0.4, -0.2) is 28.1 Å². The van der Waals surface area contributed by atoms with E-state index in [0.29, 0.717) is 0 Å². The second-order valence-corrected chi connectivity index (χ2v) is 6.65. The minimum atomic E-state index is -0.256. The number of amides is 2. The minimum Gasteiger partial charge on any atom is -0.347 e. The first-order valence-corrected chi connectivity index (χ1v) is 8.39. The Bertz CT molecular complexity index is 783. The second kappa shape index (κ2) is 7.61. The molecule has 2 amide bonds. The highest BCUT2D eigenvalue weighted by Crippen LogP contribution is 2.19. The topological polar surface area (TPSA) is 76.0 Å². The summed E-state index contributed by atoms with van der Waals surface area (Å²) in [4.78, 5) is 24.1. The third-order valence-electron chi connectivity index (χ3n) is 3.90. The molecule has 1 heterocycles. The van der Waals surface area contributed by atoms with Crippen LogP contribution in [0.2, 0.25) is 0 Å². The van der Waals surface area contributed by atoms with Crippen LogP contribution in [0.3, 0.4) is 0 Å². The van der Waals surface area contributed by atoms with Crippen LogP contribution in [0.15, 0.2) is 22.7 Å². The van der Waals surface area contributed by atoms with E-state index in [9.17, 15) is 9.59 Å². The van der Waals surface area contributed by atoms with Gasteiger partial charge < -0.3 is 10.6 Å². The summed E-state index contributed by atoms with van der Waals surface area (Å²) in [6.07, 6.45) is 0.218. The standard InChI is InChI=1S/C17H21BrN4O2/c1-10-7-13(18)5-6-15(10)20-17(24)9-19-16(23)8-14-11(2)21-22(4)12(14)3/h5-7H,8-9H2,1-4H3,(H,19,23)(H,20,24). The number of carbonyl (C=O) groups excluding carboxylic acids is 2. The van der Waals surface area contributed by atoms with E-state index in [1.165, 1.54) is 0 Å². The van der Waals surface area contributed by atoms with Crippen molar-refractivity contribution in [3.05, 3.63) is 45.2 Å². The first kappa shape index (κ1) is 18.2. The van der Waals surface area contributed by atoms with Crippen molar-refractivity contribution in [2.45, 2.75) is 27.2 Å². The predicted molar refractivity (Wildman–Crippen MR) is 96.9 cm³/mol. The first-order valence-electron chi connectivity index (χ1n) is 7.59. The first-order chi connectivity index (χ1) is 11.3. The zero-order chi connectivity index (χ0) is 17.9. The van der Waals surface area contributed by atoms with Gasteiger partial charge in [-0.1, -0.05) is 15.9 Å². The van der Waals surface area contributed by atoms with Crippen molar-refractivity contribution < 1.29 is 9.59 Å². The number of hydrogen-bond donors (Lipinski definition) is 2. The van der Waals surface area contributed by atoms with Gasteiger partial charge in [0, 0.05) is 28.5 Å². The number of nitrogens with zero attached hydrogens (tertiary/aromatic N) is 2. The van der Waals surface area contributed by atoms with E-state index in [2.05, 4.69) is 31.7 Å². The lowest BCUT2D eigenvalue weighted by atomic mass is 10.1. The average Bonchev–Trinajstić information content (AvgIpc) is 2.74. The predicted octanol–water partition coefficient (Wildman–Crippen LogP) is 2.41. The molecular formula is C17H21BrN4O2. The summed E-state index contributed by atoms with van der Waals surface area (Å²) in [6, 6.07) is 5.60. The number of benzene rings is 1. The third-order valence-corrected chi connectivity index (χ3v) is 4.40. The van der Waals surface area contributed by atoms with Crippen molar-refractivity contribution in [2.24, 2.45) is 7.05 Å². The Morgan fingerprint density at radius 1 is 1.21 bits per heavy atom. The molecule has 0 atom stereocenters. The van der Waals surface area contributed by atoms with Gasteiger partial charge in [-0.3, -0.25) is 14.3 Å². The summed E-state index contributed by atoms with van der Waals surface area (Å²) in [5.74, 6) is -0.453. The van der Waals surface area contributed by atoms with Crippen LogP contribution in [0.25, 0.3) is 0 Å². The van der Waals surface area contributed by atoms with Gasteiger partial charge in [-0.05, 0) is 44.5 Å². The summed E-state index contributed by atoms with van der Waals surface area (Å²) in [5.41, 5.74) is 4.37. The van der Waals surface area contributed by atoms with E-state index in [0.717, 1.165) is 32.7 Å². The van der Waals surface area contributed by atoms with Gasteiger partial charge in [0.05, 0.1) is 18.7 Å². The molecule has 0 bridgehead atoms. The molecule has 6 nitrogen and oxygen atoms in total. The molecule has 2 rings (SSSR count). The van der Waals surface area contributed by atoms with Crippen molar-refractivity contribution in [1.82, 2.24) is 15.1 Å². The van der Waals surface area contributed by atoms with Gasteiger partial charge in [0.2, 0.25) is 11.8 Å². The van der Waals surface area contributed by atoms with Crippen LogP contribution in [-0.2, 0) is 23.1 Å². The molecular weight excluding hydrogens is 372 g/mol. The van der Waals surface area contributed by atoms with Crippen LogP contribution in [0.4, 0.5) is 5.69 Å². The van der Waals surface area contributed by atoms with E-state index in [-0.39, 0.29) is 24.8 Å². The molecule has 0 saturated heterocycles. The van der Waals surface area contributed by atoms with Crippen LogP contribution in [0.1, 0.15) is 22.5 Å². The quantitative estimate of drug-likeness (QED) is 0.819. The van der Waals surface area contributed by atoms with Crippen molar-refractivity contribution in [3.8, 4) is 0 Å². The van der Waals surface area contributed by atoms with E-state index in [1.807, 2.05) is 46.0 Å². The lowest BCUT2D eigenvalue weighted by Crippen LogP contribution is -2.34. The Hall–Kier alpha value is -2.15. The molecule has 128 valence electrons. The van der Waals surface area contributed by atoms with Gasteiger partial charge in [0.25, 0.3) is 0 Å². The normalized spacial score (nSPS) is 10.5. The molecule has 0 aliphatic rings. The number of carbonyl (C=O) groups is 2. The zero-order valence-corrected chi connectivity index (χ0v) is 15.8. The molecule has 0 aliphatic heterocycles. The molecule has 1 aromatic heterocycles. The Morgan fingerprint density at radius 3 is 2.50 bits per heavy atom. The summed E-state index contributed by atoms with van der Waals surface area (Å²) in [6.45, 7) is 5.64. The van der Waals surface area contributed by atoms with Crippen LogP contribution in [0.5, 0.6) is 0 Å². The molecule has 24 heavy (non-hydrogen) atoms. The van der Waals surface area contributed by atoms with Gasteiger partial charge in [-0.15, -0.1) is 0 Å². The molecule has 1 aromatic carbocycles. The second-order valence-electron chi connectivity index (χ2n) is 5.73. The largest absolute Gasteiger partial charge is 0.347 e.